The number of anilines is 1. The molecular weight excluding hydrogens is 533 g/mol. The molecule has 1 N–H and O–H groups in total. The van der Waals surface area contributed by atoms with Gasteiger partial charge in [0.05, 0.1) is 33.8 Å². The van der Waals surface area contributed by atoms with Crippen LogP contribution in [0.15, 0.2) is 71.6 Å². The van der Waals surface area contributed by atoms with Crippen molar-refractivity contribution in [2.24, 2.45) is 0 Å². The number of hydrogen-bond donors (Lipinski definition) is 1. The largest absolute Gasteiger partial charge is 0.379 e. The van der Waals surface area contributed by atoms with E-state index in [1.165, 1.54) is 35.9 Å². The van der Waals surface area contributed by atoms with Gasteiger partial charge in [0.1, 0.15) is 6.54 Å². The van der Waals surface area contributed by atoms with Crippen molar-refractivity contribution in [3.05, 3.63) is 93.5 Å². The van der Waals surface area contributed by atoms with Crippen LogP contribution >= 0.6 is 23.2 Å². The summed E-state index contributed by atoms with van der Waals surface area (Å²) in [6, 6.07) is 19.0. The van der Waals surface area contributed by atoms with E-state index in [0.717, 1.165) is 48.3 Å². The highest BCUT2D eigenvalue weighted by Gasteiger charge is 2.27. The minimum Gasteiger partial charge on any atom is -0.379 e. The van der Waals surface area contributed by atoms with Gasteiger partial charge in [0, 0.05) is 26.2 Å². The number of sulfonamides is 1. The van der Waals surface area contributed by atoms with E-state index in [0.29, 0.717) is 5.02 Å². The molecule has 1 aliphatic rings. The molecule has 10 heteroatoms. The quantitative estimate of drug-likeness (QED) is 0.411. The summed E-state index contributed by atoms with van der Waals surface area (Å²) in [5.41, 5.74) is 3.28. The lowest BCUT2D eigenvalue weighted by Gasteiger charge is -2.26. The summed E-state index contributed by atoms with van der Waals surface area (Å²) >= 11 is 12.2. The van der Waals surface area contributed by atoms with E-state index < -0.39 is 22.5 Å². The second kappa shape index (κ2) is 12.3. The van der Waals surface area contributed by atoms with Crippen LogP contribution < -0.4 is 9.62 Å². The van der Waals surface area contributed by atoms with Crippen LogP contribution in [0.1, 0.15) is 16.7 Å². The van der Waals surface area contributed by atoms with Crippen LogP contribution in [-0.4, -0.2) is 52.1 Å². The van der Waals surface area contributed by atoms with Gasteiger partial charge in [0.25, 0.3) is 10.0 Å². The van der Waals surface area contributed by atoms with Crippen LogP contribution in [0.25, 0.3) is 0 Å². The van der Waals surface area contributed by atoms with Crippen LogP contribution in [-0.2, 0) is 32.6 Å². The number of carbonyl (C=O) groups is 1. The molecule has 0 aliphatic carbocycles. The van der Waals surface area contributed by atoms with Crippen molar-refractivity contribution in [3.63, 3.8) is 0 Å². The normalized spacial score (nSPS) is 14.4. The molecule has 3 aromatic rings. The fourth-order valence-electron chi connectivity index (χ4n) is 3.96. The number of hydrogen-bond acceptors (Lipinski definition) is 5. The summed E-state index contributed by atoms with van der Waals surface area (Å²) in [6.07, 6.45) is 0. The molecule has 0 atom stereocenters. The Kier molecular flexibility index (Phi) is 9.10. The summed E-state index contributed by atoms with van der Waals surface area (Å²) in [4.78, 5) is 15.3. The van der Waals surface area contributed by atoms with E-state index in [1.54, 1.807) is 12.1 Å². The van der Waals surface area contributed by atoms with Gasteiger partial charge in [0.2, 0.25) is 5.91 Å². The third-order valence-electron chi connectivity index (χ3n) is 6.11. The molecular formula is C27H29Cl2N3O4S. The van der Waals surface area contributed by atoms with Gasteiger partial charge in [-0.25, -0.2) is 8.42 Å². The zero-order valence-electron chi connectivity index (χ0n) is 20.5. The maximum atomic E-state index is 13.5. The molecule has 4 rings (SSSR count). The smallest absolute Gasteiger partial charge is 0.264 e. The lowest BCUT2D eigenvalue weighted by atomic mass is 10.1. The number of nitrogens with zero attached hydrogens (tertiary/aromatic N) is 2. The molecule has 196 valence electrons. The van der Waals surface area contributed by atoms with Crippen molar-refractivity contribution in [2.45, 2.75) is 24.9 Å². The molecule has 0 saturated carbocycles. The Balaban J connectivity index is 1.45. The minimum absolute atomic E-state index is 0.0767. The molecule has 1 saturated heterocycles. The first-order valence-electron chi connectivity index (χ1n) is 11.9. The number of halogens is 2. The third kappa shape index (κ3) is 7.24. The maximum Gasteiger partial charge on any atom is 0.264 e. The SMILES string of the molecule is Cc1ccc(S(=O)(=O)N(CC(=O)NCc2ccc(CN3CCOCC3)cc2)c2ccc(Cl)c(Cl)c2)cc1. The Morgan fingerprint density at radius 2 is 1.59 bits per heavy atom. The average molecular weight is 563 g/mol. The fraction of sp³-hybridized carbons (Fsp3) is 0.296. The van der Waals surface area contributed by atoms with E-state index in [-0.39, 0.29) is 22.2 Å². The summed E-state index contributed by atoms with van der Waals surface area (Å²) in [5, 5.41) is 3.31. The van der Waals surface area contributed by atoms with Crippen molar-refractivity contribution < 1.29 is 17.9 Å². The Labute approximate surface area is 228 Å². The van der Waals surface area contributed by atoms with Crippen molar-refractivity contribution in [1.29, 1.82) is 0 Å². The minimum atomic E-state index is -4.04. The van der Waals surface area contributed by atoms with Crippen molar-refractivity contribution in [3.8, 4) is 0 Å². The molecule has 7 nitrogen and oxygen atoms in total. The Morgan fingerprint density at radius 3 is 2.24 bits per heavy atom. The van der Waals surface area contributed by atoms with Crippen LogP contribution in [0, 0.1) is 6.92 Å². The van der Waals surface area contributed by atoms with Gasteiger partial charge in [-0.05, 0) is 48.4 Å². The second-order valence-corrected chi connectivity index (χ2v) is 11.6. The van der Waals surface area contributed by atoms with E-state index in [9.17, 15) is 13.2 Å². The first-order valence-corrected chi connectivity index (χ1v) is 14.1. The highest BCUT2D eigenvalue weighted by atomic mass is 35.5. The number of aryl methyl sites for hydroxylation is 1. The van der Waals surface area contributed by atoms with Gasteiger partial charge in [-0.15, -0.1) is 0 Å². The van der Waals surface area contributed by atoms with Crippen molar-refractivity contribution >= 4 is 44.8 Å². The van der Waals surface area contributed by atoms with Crippen molar-refractivity contribution in [1.82, 2.24) is 10.2 Å². The van der Waals surface area contributed by atoms with E-state index in [4.69, 9.17) is 27.9 Å². The predicted molar refractivity (Wildman–Crippen MR) is 147 cm³/mol. The molecule has 0 bridgehead atoms. The van der Waals surface area contributed by atoms with Crippen LogP contribution in [0.5, 0.6) is 0 Å². The fourth-order valence-corrected chi connectivity index (χ4v) is 5.66. The highest BCUT2D eigenvalue weighted by molar-refractivity contribution is 7.92. The van der Waals surface area contributed by atoms with Crippen molar-refractivity contribution in [2.75, 3.05) is 37.2 Å². The first kappa shape index (κ1) is 27.4. The summed E-state index contributed by atoms with van der Waals surface area (Å²) in [6.45, 7) is 5.92. The molecule has 37 heavy (non-hydrogen) atoms. The van der Waals surface area contributed by atoms with Gasteiger partial charge in [-0.1, -0.05) is 65.2 Å². The lowest BCUT2D eigenvalue weighted by molar-refractivity contribution is -0.119. The highest BCUT2D eigenvalue weighted by Crippen LogP contribution is 2.30. The Morgan fingerprint density at radius 1 is 0.946 bits per heavy atom. The second-order valence-electron chi connectivity index (χ2n) is 8.90. The number of rotatable bonds is 9. The maximum absolute atomic E-state index is 13.5. The number of benzene rings is 3. The first-order chi connectivity index (χ1) is 17.7. The van der Waals surface area contributed by atoms with Gasteiger partial charge in [-0.3, -0.25) is 14.0 Å². The number of carbonyl (C=O) groups excluding carboxylic acids is 1. The molecule has 1 heterocycles. The van der Waals surface area contributed by atoms with Gasteiger partial charge < -0.3 is 10.1 Å². The van der Waals surface area contributed by atoms with Gasteiger partial charge >= 0.3 is 0 Å². The number of morpholine rings is 1. The number of amides is 1. The van der Waals surface area contributed by atoms with E-state index in [1.807, 2.05) is 31.2 Å². The predicted octanol–water partition coefficient (Wildman–Crippen LogP) is 4.65. The zero-order chi connectivity index (χ0) is 26.4. The molecule has 1 aliphatic heterocycles. The van der Waals surface area contributed by atoms with Crippen LogP contribution in [0.4, 0.5) is 5.69 Å². The number of nitrogens with one attached hydrogen (secondary N) is 1. The molecule has 1 fully saturated rings. The van der Waals surface area contributed by atoms with Crippen LogP contribution in [0.2, 0.25) is 10.0 Å². The molecule has 3 aromatic carbocycles. The molecule has 0 radical (unpaired) electrons. The molecule has 1 amide bonds. The third-order valence-corrected chi connectivity index (χ3v) is 8.64. The lowest BCUT2D eigenvalue weighted by Crippen LogP contribution is -2.40. The van der Waals surface area contributed by atoms with E-state index >= 15 is 0 Å². The molecule has 0 aromatic heterocycles. The summed E-state index contributed by atoms with van der Waals surface area (Å²) < 4.78 is 33.5. The number of ether oxygens (including phenoxy) is 1. The topological polar surface area (TPSA) is 79.0 Å². The van der Waals surface area contributed by atoms with Crippen LogP contribution in [0.3, 0.4) is 0 Å². The van der Waals surface area contributed by atoms with Gasteiger partial charge in [-0.2, -0.15) is 0 Å². The molecule has 0 spiro atoms. The van der Waals surface area contributed by atoms with Gasteiger partial charge in [0.15, 0.2) is 0 Å². The monoisotopic (exact) mass is 561 g/mol. The Bertz CT molecular complexity index is 1330. The molecule has 0 unspecified atom stereocenters. The summed E-state index contributed by atoms with van der Waals surface area (Å²) in [5.74, 6) is -0.445. The Hall–Kier alpha value is -2.62. The van der Waals surface area contributed by atoms with E-state index in [2.05, 4.69) is 10.2 Å². The zero-order valence-corrected chi connectivity index (χ0v) is 22.8. The standard InChI is InChI=1S/C27H29Cl2N3O4S/c1-20-2-9-24(10-3-20)37(34,35)32(23-8-11-25(28)26(29)16-23)19-27(33)30-17-21-4-6-22(7-5-21)18-31-12-14-36-15-13-31/h2-11,16H,12-15,17-19H2,1H3,(H,30,33). The average Bonchev–Trinajstić information content (AvgIpc) is 2.89. The summed E-state index contributed by atoms with van der Waals surface area (Å²) in [7, 11) is -4.04.